The van der Waals surface area contributed by atoms with E-state index in [1.54, 1.807) is 0 Å². The van der Waals surface area contributed by atoms with Gasteiger partial charge in [0.2, 0.25) is 0 Å². The lowest BCUT2D eigenvalue weighted by molar-refractivity contribution is 0.403. The Morgan fingerprint density at radius 1 is 0.741 bits per heavy atom. The van der Waals surface area contributed by atoms with Gasteiger partial charge in [0.05, 0.1) is 0 Å². The molecule has 0 fully saturated rings. The van der Waals surface area contributed by atoms with Crippen molar-refractivity contribution in [1.29, 1.82) is 0 Å². The molecular weight excluding hydrogens is 380 g/mol. The van der Waals surface area contributed by atoms with Gasteiger partial charge in [-0.2, -0.15) is 0 Å². The Kier molecular flexibility index (Phi) is 7.44. The molecule has 2 rings (SSSR count). The molecule has 0 saturated carbocycles. The first kappa shape index (κ1) is 22.3. The number of rotatable bonds is 9. The molecule has 0 N–H and O–H groups in total. The van der Waals surface area contributed by atoms with Gasteiger partial charge in [0.25, 0.3) is 0 Å². The molecule has 5 heteroatoms. The van der Waals surface area contributed by atoms with Crippen molar-refractivity contribution in [2.45, 2.75) is 59.0 Å². The first-order valence-electron chi connectivity index (χ1n) is 10.1. The third-order valence-electron chi connectivity index (χ3n) is 4.71. The van der Waals surface area contributed by atoms with Crippen molar-refractivity contribution >= 4 is 35.6 Å². The zero-order valence-corrected chi connectivity index (χ0v) is 21.1. The van der Waals surface area contributed by atoms with Gasteiger partial charge in [-0.25, -0.2) is 0 Å². The summed E-state index contributed by atoms with van der Waals surface area (Å²) >= 11 is 0. The summed E-state index contributed by atoms with van der Waals surface area (Å²) in [5, 5.41) is 2.45. The summed E-state index contributed by atoms with van der Waals surface area (Å²) < 4.78 is 14.3. The van der Waals surface area contributed by atoms with Gasteiger partial charge in [0.15, 0.2) is 16.6 Å². The van der Waals surface area contributed by atoms with Gasteiger partial charge in [0, 0.05) is 0 Å². The number of hydrogen-bond acceptors (Lipinski definition) is 2. The summed E-state index contributed by atoms with van der Waals surface area (Å²) in [6.45, 7) is 16.1. The quantitative estimate of drug-likeness (QED) is 0.512. The molecule has 0 bridgehead atoms. The maximum Gasteiger partial charge on any atom is 0.386 e. The van der Waals surface area contributed by atoms with Crippen molar-refractivity contribution in [3.8, 4) is 0 Å². The second-order valence-electron chi connectivity index (χ2n) is 9.14. The zero-order valence-electron chi connectivity index (χ0n) is 18.1. The zero-order chi connectivity index (χ0) is 20.1. The Labute approximate surface area is 169 Å². The average Bonchev–Trinajstić information content (AvgIpc) is 2.60. The molecule has 2 aromatic carbocycles. The average molecular weight is 417 g/mol. The Morgan fingerprint density at radius 2 is 1.19 bits per heavy atom. The van der Waals surface area contributed by atoms with Crippen LogP contribution in [-0.2, 0) is 8.23 Å². The summed E-state index contributed by atoms with van der Waals surface area (Å²) in [6, 6.07) is 22.6. The van der Waals surface area contributed by atoms with Crippen molar-refractivity contribution in [3.63, 3.8) is 0 Å². The molecule has 0 aromatic heterocycles. The predicted octanol–water partition coefficient (Wildman–Crippen LogP) is 5.36. The second kappa shape index (κ2) is 9.01. The maximum absolute atomic E-state index is 7.24. The largest absolute Gasteiger partial charge is 0.430 e. The highest BCUT2D eigenvalue weighted by Crippen LogP contribution is 2.27. The highest BCUT2D eigenvalue weighted by molar-refractivity contribution is 7.02. The Hall–Kier alpha value is -0.989. The molecule has 0 heterocycles. The van der Waals surface area contributed by atoms with E-state index < -0.39 is 25.2 Å². The Bertz CT molecular complexity index is 657. The SMILES string of the molecule is CCC(C)C[Si](C)(C)O[Si](O[Si](C)(C)C)(c1ccccc1)c1ccccc1. The van der Waals surface area contributed by atoms with Gasteiger partial charge >= 0.3 is 8.56 Å². The van der Waals surface area contributed by atoms with E-state index in [-0.39, 0.29) is 0 Å². The van der Waals surface area contributed by atoms with Gasteiger partial charge in [-0.05, 0) is 55.1 Å². The van der Waals surface area contributed by atoms with Gasteiger partial charge in [0.1, 0.15) is 0 Å². The van der Waals surface area contributed by atoms with Crippen LogP contribution < -0.4 is 10.4 Å². The maximum atomic E-state index is 7.24. The number of hydrogen-bond donors (Lipinski definition) is 0. The van der Waals surface area contributed by atoms with E-state index in [9.17, 15) is 0 Å². The molecule has 27 heavy (non-hydrogen) atoms. The van der Waals surface area contributed by atoms with Crippen LogP contribution in [0.1, 0.15) is 20.3 Å². The summed E-state index contributed by atoms with van der Waals surface area (Å²) in [6.07, 6.45) is 1.19. The van der Waals surface area contributed by atoms with Crippen molar-refractivity contribution in [2.24, 2.45) is 5.92 Å². The molecule has 0 aliphatic heterocycles. The van der Waals surface area contributed by atoms with Crippen LogP contribution in [-0.4, -0.2) is 25.2 Å². The van der Waals surface area contributed by atoms with Gasteiger partial charge in [-0.3, -0.25) is 0 Å². The molecule has 2 nitrogen and oxygen atoms in total. The van der Waals surface area contributed by atoms with Crippen LogP contribution in [0, 0.1) is 5.92 Å². The monoisotopic (exact) mass is 416 g/mol. The van der Waals surface area contributed by atoms with Crippen molar-refractivity contribution in [3.05, 3.63) is 60.7 Å². The molecule has 2 aromatic rings. The van der Waals surface area contributed by atoms with Gasteiger partial charge < -0.3 is 8.23 Å². The standard InChI is InChI=1S/C22H36O2Si3/c1-8-20(2)19-26(6,7)24-27(23-25(3,4)5,21-15-11-9-12-16-21)22-17-13-10-14-18-22/h9-18,20H,8,19H2,1-7H3. The van der Waals surface area contributed by atoms with E-state index in [1.165, 1.54) is 16.8 Å². The molecule has 1 unspecified atom stereocenters. The molecule has 0 radical (unpaired) electrons. The van der Waals surface area contributed by atoms with Crippen molar-refractivity contribution in [2.75, 3.05) is 0 Å². The fraction of sp³-hybridized carbons (Fsp3) is 0.455. The van der Waals surface area contributed by atoms with E-state index in [4.69, 9.17) is 8.23 Å². The third kappa shape index (κ3) is 6.26. The smallest absolute Gasteiger partial charge is 0.386 e. The minimum absolute atomic E-state index is 0.678. The first-order chi connectivity index (χ1) is 12.6. The lowest BCUT2D eigenvalue weighted by atomic mass is 10.2. The van der Waals surface area contributed by atoms with Gasteiger partial charge in [-0.15, -0.1) is 0 Å². The summed E-state index contributed by atoms with van der Waals surface area (Å²) in [5.74, 6) is 0.678. The molecule has 1 atom stereocenters. The van der Waals surface area contributed by atoms with Crippen LogP contribution in [0.25, 0.3) is 0 Å². The fourth-order valence-electron chi connectivity index (χ4n) is 3.58. The van der Waals surface area contributed by atoms with E-state index in [0.717, 1.165) is 6.04 Å². The second-order valence-corrected chi connectivity index (χ2v) is 21.3. The minimum Gasteiger partial charge on any atom is -0.430 e. The Balaban J connectivity index is 2.61. The summed E-state index contributed by atoms with van der Waals surface area (Å²) in [5.41, 5.74) is 0. The molecule has 0 aliphatic rings. The normalized spacial score (nSPS) is 14.2. The minimum atomic E-state index is -2.77. The number of benzene rings is 2. The topological polar surface area (TPSA) is 18.5 Å². The van der Waals surface area contributed by atoms with Crippen molar-refractivity contribution < 1.29 is 8.23 Å². The van der Waals surface area contributed by atoms with E-state index in [0.29, 0.717) is 5.92 Å². The first-order valence-corrected chi connectivity index (χ1v) is 18.4. The van der Waals surface area contributed by atoms with Crippen LogP contribution in [0.4, 0.5) is 0 Å². The predicted molar refractivity (Wildman–Crippen MR) is 125 cm³/mol. The molecule has 0 aliphatic carbocycles. The Morgan fingerprint density at radius 3 is 1.56 bits per heavy atom. The third-order valence-corrected chi connectivity index (χ3v) is 15.5. The summed E-state index contributed by atoms with van der Waals surface area (Å²) in [7, 11) is -6.55. The van der Waals surface area contributed by atoms with E-state index in [2.05, 4.69) is 107 Å². The lowest BCUT2D eigenvalue weighted by Gasteiger charge is -2.42. The molecule has 0 spiro atoms. The van der Waals surface area contributed by atoms with Crippen LogP contribution in [0.5, 0.6) is 0 Å². The highest BCUT2D eigenvalue weighted by atomic mass is 28.5. The molecule has 0 amide bonds. The molecular formula is C22H36O2Si3. The van der Waals surface area contributed by atoms with Gasteiger partial charge in [-0.1, -0.05) is 80.9 Å². The van der Waals surface area contributed by atoms with E-state index >= 15 is 0 Å². The van der Waals surface area contributed by atoms with Crippen LogP contribution in [0.3, 0.4) is 0 Å². The molecule has 0 saturated heterocycles. The lowest BCUT2D eigenvalue weighted by Crippen LogP contribution is -2.70. The highest BCUT2D eigenvalue weighted by Gasteiger charge is 2.49. The van der Waals surface area contributed by atoms with Crippen LogP contribution in [0.15, 0.2) is 60.7 Å². The van der Waals surface area contributed by atoms with E-state index in [1.807, 2.05) is 0 Å². The van der Waals surface area contributed by atoms with Crippen LogP contribution in [0.2, 0.25) is 38.8 Å². The summed E-state index contributed by atoms with van der Waals surface area (Å²) in [4.78, 5) is 0. The fourth-order valence-corrected chi connectivity index (χ4v) is 16.5. The van der Waals surface area contributed by atoms with Crippen molar-refractivity contribution in [1.82, 2.24) is 0 Å². The van der Waals surface area contributed by atoms with Crippen LogP contribution >= 0.6 is 0 Å². The molecule has 148 valence electrons.